The van der Waals surface area contributed by atoms with Crippen LogP contribution in [0.5, 0.6) is 0 Å². The van der Waals surface area contributed by atoms with Crippen molar-refractivity contribution < 1.29 is 14.6 Å². The van der Waals surface area contributed by atoms with Crippen molar-refractivity contribution in [3.05, 3.63) is 53.5 Å². The highest BCUT2D eigenvalue weighted by molar-refractivity contribution is 5.64. The van der Waals surface area contributed by atoms with Gasteiger partial charge in [-0.05, 0) is 48.6 Å². The Hall–Kier alpha value is -2.84. The molecule has 7 nitrogen and oxygen atoms in total. The summed E-state index contributed by atoms with van der Waals surface area (Å²) in [4.78, 5) is 8.96. The minimum Gasteiger partial charge on any atom is -0.392 e. The van der Waals surface area contributed by atoms with Gasteiger partial charge in [0.05, 0.1) is 31.8 Å². The van der Waals surface area contributed by atoms with Gasteiger partial charge in [-0.1, -0.05) is 6.07 Å². The highest BCUT2D eigenvalue weighted by Crippen LogP contribution is 2.47. The van der Waals surface area contributed by atoms with Crippen molar-refractivity contribution in [1.82, 2.24) is 19.7 Å². The van der Waals surface area contributed by atoms with Gasteiger partial charge in [-0.2, -0.15) is 5.10 Å². The number of benzene rings is 1. The quantitative estimate of drug-likeness (QED) is 0.540. The Kier molecular flexibility index (Phi) is 5.29. The van der Waals surface area contributed by atoms with E-state index < -0.39 is 0 Å². The molecule has 0 radical (unpaired) electrons. The van der Waals surface area contributed by atoms with Gasteiger partial charge in [0.15, 0.2) is 0 Å². The number of halogens is 1. The van der Waals surface area contributed by atoms with Crippen LogP contribution >= 0.6 is 0 Å². The molecule has 152 valence electrons. The third-order valence-corrected chi connectivity index (χ3v) is 5.42. The predicted octanol–water partition coefficient (Wildman–Crippen LogP) is 3.13. The Bertz CT molecular complexity index is 1020. The minimum atomic E-state index is -0.312. The fourth-order valence-corrected chi connectivity index (χ4v) is 3.36. The van der Waals surface area contributed by atoms with Crippen LogP contribution in [0, 0.1) is 12.3 Å². The highest BCUT2D eigenvalue weighted by Gasteiger charge is 2.43. The molecular weight excluding hydrogens is 373 g/mol. The first-order valence-electron chi connectivity index (χ1n) is 9.59. The topological polar surface area (TPSA) is 96.1 Å². The van der Waals surface area contributed by atoms with Crippen LogP contribution in [-0.2, 0) is 19.8 Å². The first-order valence-corrected chi connectivity index (χ1v) is 9.59. The van der Waals surface area contributed by atoms with E-state index in [1.165, 1.54) is 0 Å². The second kappa shape index (κ2) is 7.88. The van der Waals surface area contributed by atoms with Crippen LogP contribution < -0.4 is 5.32 Å². The Labute approximate surface area is 168 Å². The second-order valence-electron chi connectivity index (χ2n) is 7.71. The summed E-state index contributed by atoms with van der Waals surface area (Å²) in [5.74, 6) is 0.418. The van der Waals surface area contributed by atoms with Gasteiger partial charge in [0.2, 0.25) is 5.95 Å². The molecule has 1 aliphatic rings. The third kappa shape index (κ3) is 4.13. The Morgan fingerprint density at radius 1 is 1.17 bits per heavy atom. The summed E-state index contributed by atoms with van der Waals surface area (Å²) in [5, 5.41) is 26.3. The normalized spacial score (nSPS) is 14.8. The van der Waals surface area contributed by atoms with Crippen LogP contribution in [0.3, 0.4) is 0 Å². The summed E-state index contributed by atoms with van der Waals surface area (Å²) >= 11 is 0. The number of aliphatic hydroxyl groups is 2. The van der Waals surface area contributed by atoms with Crippen molar-refractivity contribution in [3.63, 3.8) is 0 Å². The first kappa shape index (κ1) is 19.5. The molecular formula is C21H24FN5O2. The molecule has 0 aliphatic heterocycles. The van der Waals surface area contributed by atoms with Crippen LogP contribution in [0.2, 0.25) is 0 Å². The molecule has 0 bridgehead atoms. The predicted molar refractivity (Wildman–Crippen MR) is 107 cm³/mol. The average Bonchev–Trinajstić information content (AvgIpc) is 3.37. The van der Waals surface area contributed by atoms with Crippen molar-refractivity contribution in [2.24, 2.45) is 5.41 Å². The minimum absolute atomic E-state index is 0.130. The van der Waals surface area contributed by atoms with Crippen LogP contribution in [0.15, 0.2) is 36.8 Å². The second-order valence-corrected chi connectivity index (χ2v) is 7.71. The van der Waals surface area contributed by atoms with Crippen molar-refractivity contribution in [2.75, 3.05) is 12.0 Å². The number of alkyl halides is 1. The summed E-state index contributed by atoms with van der Waals surface area (Å²) in [5.41, 5.74) is 4.33. The summed E-state index contributed by atoms with van der Waals surface area (Å²) < 4.78 is 15.0. The maximum atomic E-state index is 13.2. The van der Waals surface area contributed by atoms with Gasteiger partial charge in [-0.3, -0.25) is 9.07 Å². The molecule has 2 heterocycles. The fourth-order valence-electron chi connectivity index (χ4n) is 3.36. The molecule has 0 atom stereocenters. The summed E-state index contributed by atoms with van der Waals surface area (Å²) in [7, 11) is 0. The number of aliphatic hydroxyl groups excluding tert-OH is 2. The van der Waals surface area contributed by atoms with E-state index in [4.69, 9.17) is 0 Å². The Morgan fingerprint density at radius 2 is 1.97 bits per heavy atom. The lowest BCUT2D eigenvalue weighted by atomic mass is 10.1. The molecule has 1 saturated carbocycles. The van der Waals surface area contributed by atoms with Crippen LogP contribution in [0.1, 0.15) is 29.5 Å². The van der Waals surface area contributed by atoms with Gasteiger partial charge in [0.1, 0.15) is 0 Å². The van der Waals surface area contributed by atoms with Crippen LogP contribution in [0.25, 0.3) is 11.3 Å². The molecule has 0 amide bonds. The van der Waals surface area contributed by atoms with Crippen molar-refractivity contribution >= 4 is 11.6 Å². The molecule has 1 fully saturated rings. The van der Waals surface area contributed by atoms with E-state index in [1.54, 1.807) is 35.3 Å². The zero-order chi connectivity index (χ0) is 20.4. The van der Waals surface area contributed by atoms with E-state index in [0.717, 1.165) is 35.3 Å². The molecule has 8 heteroatoms. The number of rotatable bonds is 8. The van der Waals surface area contributed by atoms with Gasteiger partial charge >= 0.3 is 0 Å². The number of aryl methyl sites for hydroxylation is 1. The lowest BCUT2D eigenvalue weighted by Crippen LogP contribution is -2.13. The molecule has 4 rings (SSSR count). The van der Waals surface area contributed by atoms with Gasteiger partial charge in [0.25, 0.3) is 0 Å². The first-order chi connectivity index (χ1) is 14.1. The highest BCUT2D eigenvalue weighted by atomic mass is 19.1. The van der Waals surface area contributed by atoms with Crippen molar-refractivity contribution in [1.29, 1.82) is 0 Å². The van der Waals surface area contributed by atoms with Crippen LogP contribution in [-0.4, -0.2) is 36.6 Å². The standard InChI is InChI=1S/C21H24FN5O2/c1-14-7-23-20(25-18-3-2-15(10-28)16(6-18)11-29)26-19(14)17-8-24-27(9-17)13-21(12-22)4-5-21/h2-3,6-9,28-29H,4-5,10-13H2,1H3,(H,23,25,26). The lowest BCUT2D eigenvalue weighted by molar-refractivity contribution is 0.260. The Balaban J connectivity index is 1.56. The maximum absolute atomic E-state index is 13.2. The fraction of sp³-hybridized carbons (Fsp3) is 0.381. The number of anilines is 2. The van der Waals surface area contributed by atoms with E-state index >= 15 is 0 Å². The monoisotopic (exact) mass is 397 g/mol. The van der Waals surface area contributed by atoms with Gasteiger partial charge in [-0.15, -0.1) is 0 Å². The van der Waals surface area contributed by atoms with Crippen molar-refractivity contribution in [3.8, 4) is 11.3 Å². The van der Waals surface area contributed by atoms with Gasteiger partial charge in [-0.25, -0.2) is 9.97 Å². The van der Waals surface area contributed by atoms with E-state index in [2.05, 4.69) is 20.4 Å². The lowest BCUT2D eigenvalue weighted by Gasteiger charge is -2.11. The molecule has 2 aromatic heterocycles. The van der Waals surface area contributed by atoms with E-state index in [-0.39, 0.29) is 25.3 Å². The molecule has 0 saturated heterocycles. The largest absolute Gasteiger partial charge is 0.392 e. The third-order valence-electron chi connectivity index (χ3n) is 5.42. The van der Waals surface area contributed by atoms with Gasteiger partial charge in [0, 0.05) is 35.6 Å². The summed E-state index contributed by atoms with van der Waals surface area (Å²) in [6.45, 7) is 1.91. The SMILES string of the molecule is Cc1cnc(Nc2ccc(CO)c(CO)c2)nc1-c1cnn(CC2(CF)CC2)c1. The number of hydrogen-bond acceptors (Lipinski definition) is 6. The number of nitrogens with one attached hydrogen (secondary N) is 1. The van der Waals surface area contributed by atoms with Crippen LogP contribution in [0.4, 0.5) is 16.0 Å². The average molecular weight is 397 g/mol. The molecule has 1 aromatic carbocycles. The van der Waals surface area contributed by atoms with Crippen molar-refractivity contribution in [2.45, 2.75) is 39.5 Å². The molecule has 3 aromatic rings. The molecule has 3 N–H and O–H groups in total. The zero-order valence-corrected chi connectivity index (χ0v) is 16.3. The smallest absolute Gasteiger partial charge is 0.227 e. The van der Waals surface area contributed by atoms with E-state index in [1.807, 2.05) is 13.1 Å². The molecule has 1 aliphatic carbocycles. The molecule has 0 unspecified atom stereocenters. The van der Waals surface area contributed by atoms with E-state index in [9.17, 15) is 14.6 Å². The maximum Gasteiger partial charge on any atom is 0.227 e. The summed E-state index contributed by atoms with van der Waals surface area (Å²) in [6, 6.07) is 5.32. The number of nitrogens with zero attached hydrogens (tertiary/aromatic N) is 4. The number of hydrogen-bond donors (Lipinski definition) is 3. The molecule has 0 spiro atoms. The van der Waals surface area contributed by atoms with Gasteiger partial charge < -0.3 is 15.5 Å². The molecule has 29 heavy (non-hydrogen) atoms. The Morgan fingerprint density at radius 3 is 2.66 bits per heavy atom. The van der Waals surface area contributed by atoms with E-state index in [0.29, 0.717) is 23.6 Å². The zero-order valence-electron chi connectivity index (χ0n) is 16.3. The number of aromatic nitrogens is 4. The summed E-state index contributed by atoms with van der Waals surface area (Å²) in [6.07, 6.45) is 7.19.